The Morgan fingerprint density at radius 1 is 1.50 bits per heavy atom. The van der Waals surface area contributed by atoms with Gasteiger partial charge in [0, 0.05) is 9.99 Å². The number of halogens is 2. The Balaban J connectivity index is 2.28. The minimum absolute atomic E-state index is 0.0648. The summed E-state index contributed by atoms with van der Waals surface area (Å²) in [6.45, 7) is 0. The minimum Gasteiger partial charge on any atom is -0.349 e. The predicted molar refractivity (Wildman–Crippen MR) is 59.2 cm³/mol. The number of hydrogen-bond acceptors (Lipinski definition) is 1. The van der Waals surface area contributed by atoms with Gasteiger partial charge >= 0.3 is 0 Å². The van der Waals surface area contributed by atoms with Crippen LogP contribution in [-0.2, 0) is 4.79 Å². The highest BCUT2D eigenvalue weighted by molar-refractivity contribution is 14.1. The van der Waals surface area contributed by atoms with Crippen LogP contribution in [-0.4, -0.2) is 5.91 Å². The van der Waals surface area contributed by atoms with Crippen molar-refractivity contribution in [3.63, 3.8) is 0 Å². The molecule has 2 rings (SSSR count). The fraction of sp³-hybridized carbons (Fsp3) is 0.300. The van der Waals surface area contributed by atoms with Gasteiger partial charge in [0.05, 0.1) is 6.04 Å². The van der Waals surface area contributed by atoms with Crippen molar-refractivity contribution in [1.29, 1.82) is 0 Å². The van der Waals surface area contributed by atoms with Crippen molar-refractivity contribution in [2.75, 3.05) is 0 Å². The van der Waals surface area contributed by atoms with Crippen LogP contribution in [0.1, 0.15) is 24.4 Å². The minimum atomic E-state index is -0.234. The van der Waals surface area contributed by atoms with Crippen molar-refractivity contribution in [2.24, 2.45) is 0 Å². The maximum atomic E-state index is 12.8. The molecule has 0 radical (unpaired) electrons. The van der Waals surface area contributed by atoms with E-state index in [4.69, 9.17) is 0 Å². The maximum absolute atomic E-state index is 12.8. The molecule has 0 bridgehead atoms. The highest BCUT2D eigenvalue weighted by Gasteiger charge is 2.23. The Morgan fingerprint density at radius 3 is 2.86 bits per heavy atom. The molecule has 1 saturated heterocycles. The molecule has 1 aromatic carbocycles. The molecular formula is C10H9FINO. The van der Waals surface area contributed by atoms with Crippen LogP contribution in [0.4, 0.5) is 4.39 Å². The van der Waals surface area contributed by atoms with Crippen molar-refractivity contribution >= 4 is 28.5 Å². The third-order valence-electron chi connectivity index (χ3n) is 2.33. The fourth-order valence-corrected chi connectivity index (χ4v) is 2.48. The first-order valence-electron chi connectivity index (χ1n) is 4.41. The largest absolute Gasteiger partial charge is 0.349 e. The van der Waals surface area contributed by atoms with Gasteiger partial charge in [0.25, 0.3) is 0 Å². The van der Waals surface area contributed by atoms with Gasteiger partial charge in [0.1, 0.15) is 5.82 Å². The van der Waals surface area contributed by atoms with E-state index in [0.717, 1.165) is 15.6 Å². The molecule has 1 fully saturated rings. The highest BCUT2D eigenvalue weighted by atomic mass is 127. The predicted octanol–water partition coefficient (Wildman–Crippen LogP) is 2.38. The van der Waals surface area contributed by atoms with Gasteiger partial charge in [-0.2, -0.15) is 0 Å². The van der Waals surface area contributed by atoms with Crippen LogP contribution in [0.3, 0.4) is 0 Å². The lowest BCUT2D eigenvalue weighted by Gasteiger charge is -2.12. The summed E-state index contributed by atoms with van der Waals surface area (Å²) in [5.41, 5.74) is 1.01. The van der Waals surface area contributed by atoms with Crippen LogP contribution in [0.15, 0.2) is 18.2 Å². The van der Waals surface area contributed by atoms with Gasteiger partial charge in [0.15, 0.2) is 0 Å². The van der Waals surface area contributed by atoms with Gasteiger partial charge in [-0.15, -0.1) is 0 Å². The van der Waals surface area contributed by atoms with E-state index in [-0.39, 0.29) is 17.8 Å². The lowest BCUT2D eigenvalue weighted by molar-refractivity contribution is -0.119. The SMILES string of the molecule is O=C1CC[C@@H](c2ccc(F)cc2I)N1. The Hall–Kier alpha value is -0.650. The van der Waals surface area contributed by atoms with E-state index in [1.165, 1.54) is 12.1 Å². The zero-order valence-corrected chi connectivity index (χ0v) is 9.55. The number of carbonyl (C=O) groups is 1. The van der Waals surface area contributed by atoms with Crippen LogP contribution >= 0.6 is 22.6 Å². The van der Waals surface area contributed by atoms with Crippen LogP contribution in [0.5, 0.6) is 0 Å². The maximum Gasteiger partial charge on any atom is 0.220 e. The first kappa shape index (κ1) is 9.89. The average molecular weight is 305 g/mol. The summed E-state index contributed by atoms with van der Waals surface area (Å²) < 4.78 is 13.7. The van der Waals surface area contributed by atoms with E-state index in [1.807, 2.05) is 0 Å². The van der Waals surface area contributed by atoms with Crippen LogP contribution in [0.25, 0.3) is 0 Å². The molecule has 14 heavy (non-hydrogen) atoms. The summed E-state index contributed by atoms with van der Waals surface area (Å²) in [6.07, 6.45) is 1.37. The smallest absolute Gasteiger partial charge is 0.220 e. The average Bonchev–Trinajstić information content (AvgIpc) is 2.51. The second-order valence-corrected chi connectivity index (χ2v) is 4.49. The Labute approximate surface area is 95.0 Å². The van der Waals surface area contributed by atoms with E-state index < -0.39 is 0 Å². The highest BCUT2D eigenvalue weighted by Crippen LogP contribution is 2.27. The van der Waals surface area contributed by atoms with E-state index in [0.29, 0.717) is 6.42 Å². The molecule has 0 aromatic heterocycles. The molecular weight excluding hydrogens is 296 g/mol. The molecule has 1 amide bonds. The molecule has 0 spiro atoms. The van der Waals surface area contributed by atoms with Gasteiger partial charge in [0.2, 0.25) is 5.91 Å². The van der Waals surface area contributed by atoms with Crippen molar-refractivity contribution in [3.8, 4) is 0 Å². The van der Waals surface area contributed by atoms with Crippen molar-refractivity contribution in [2.45, 2.75) is 18.9 Å². The van der Waals surface area contributed by atoms with Crippen LogP contribution < -0.4 is 5.32 Å². The van der Waals surface area contributed by atoms with E-state index in [9.17, 15) is 9.18 Å². The normalized spacial score (nSPS) is 21.0. The zero-order chi connectivity index (χ0) is 10.1. The zero-order valence-electron chi connectivity index (χ0n) is 7.39. The summed E-state index contributed by atoms with van der Waals surface area (Å²) in [4.78, 5) is 11.0. The number of benzene rings is 1. The Morgan fingerprint density at radius 2 is 2.29 bits per heavy atom. The first-order valence-corrected chi connectivity index (χ1v) is 5.49. The van der Waals surface area contributed by atoms with Crippen LogP contribution in [0, 0.1) is 9.39 Å². The number of hydrogen-bond donors (Lipinski definition) is 1. The monoisotopic (exact) mass is 305 g/mol. The molecule has 2 nitrogen and oxygen atoms in total. The molecule has 1 aliphatic rings. The fourth-order valence-electron chi connectivity index (χ4n) is 1.63. The van der Waals surface area contributed by atoms with Gasteiger partial charge < -0.3 is 5.32 Å². The molecule has 1 heterocycles. The van der Waals surface area contributed by atoms with Gasteiger partial charge in [-0.3, -0.25) is 4.79 Å². The van der Waals surface area contributed by atoms with Crippen molar-refractivity contribution < 1.29 is 9.18 Å². The molecule has 0 aliphatic carbocycles. The number of rotatable bonds is 1. The number of carbonyl (C=O) groups excluding carboxylic acids is 1. The number of amides is 1. The molecule has 0 unspecified atom stereocenters. The summed E-state index contributed by atoms with van der Waals surface area (Å²) in [6, 6.07) is 4.73. The summed E-state index contributed by atoms with van der Waals surface area (Å²) in [5, 5.41) is 2.86. The molecule has 1 aliphatic heterocycles. The van der Waals surface area contributed by atoms with Gasteiger partial charge in [-0.05, 0) is 46.7 Å². The van der Waals surface area contributed by atoms with Gasteiger partial charge in [-0.1, -0.05) is 6.07 Å². The summed E-state index contributed by atoms with van der Waals surface area (Å²) in [5.74, 6) is -0.155. The topological polar surface area (TPSA) is 29.1 Å². The summed E-state index contributed by atoms with van der Waals surface area (Å²) in [7, 11) is 0. The van der Waals surface area contributed by atoms with Gasteiger partial charge in [-0.25, -0.2) is 4.39 Å². The van der Waals surface area contributed by atoms with E-state index in [2.05, 4.69) is 27.9 Å². The lowest BCUT2D eigenvalue weighted by atomic mass is 10.1. The Bertz CT molecular complexity index is 380. The quantitative estimate of drug-likeness (QED) is 0.793. The van der Waals surface area contributed by atoms with E-state index >= 15 is 0 Å². The second kappa shape index (κ2) is 3.84. The van der Waals surface area contributed by atoms with Crippen molar-refractivity contribution in [1.82, 2.24) is 5.32 Å². The third-order valence-corrected chi connectivity index (χ3v) is 3.27. The number of nitrogens with one attached hydrogen (secondary N) is 1. The van der Waals surface area contributed by atoms with Crippen LogP contribution in [0.2, 0.25) is 0 Å². The Kier molecular flexibility index (Phi) is 2.71. The summed E-state index contributed by atoms with van der Waals surface area (Å²) >= 11 is 2.09. The second-order valence-electron chi connectivity index (χ2n) is 3.32. The van der Waals surface area contributed by atoms with E-state index in [1.54, 1.807) is 6.07 Å². The molecule has 1 N–H and O–H groups in total. The molecule has 74 valence electrons. The third kappa shape index (κ3) is 1.89. The first-order chi connectivity index (χ1) is 6.66. The van der Waals surface area contributed by atoms with Crippen molar-refractivity contribution in [3.05, 3.63) is 33.1 Å². The molecule has 0 saturated carbocycles. The lowest BCUT2D eigenvalue weighted by Crippen LogP contribution is -2.19. The molecule has 1 aromatic rings. The standard InChI is InChI=1S/C10H9FINO/c11-6-1-2-7(8(12)5-6)9-3-4-10(14)13-9/h1-2,5,9H,3-4H2,(H,13,14)/t9-/m0/s1. The molecule has 4 heteroatoms. The molecule has 1 atom stereocenters.